The maximum absolute atomic E-state index is 13.9. The maximum Gasteiger partial charge on any atom is 0.246 e. The number of ether oxygens (including phenoxy) is 1. The molecule has 3 N–H and O–H groups in total. The molecule has 0 saturated carbocycles. The number of anilines is 1. The number of aliphatic hydroxyl groups excluding tert-OH is 1. The Morgan fingerprint density at radius 2 is 1.70 bits per heavy atom. The van der Waals surface area contributed by atoms with Gasteiger partial charge in [-0.3, -0.25) is 4.79 Å². The van der Waals surface area contributed by atoms with Crippen LogP contribution in [0.4, 0.5) is 18.9 Å². The standard InChI is InChI=1S/C33H39F3N4O4/c34-27-19-29(36)28(35)17-23(27)1-4-32(42)40-11-7-33(43,8-12-40)31(41)21-38-9-5-22(6-10-38)26-20-37-30-3-2-24(18-25(26)30)39-13-15-44-16-14-39/h1-4,17-20,22,31,37,41,43H,5-16,21H2/b4-1+. The monoisotopic (exact) mass is 612 g/mol. The van der Waals surface area contributed by atoms with Gasteiger partial charge in [0.2, 0.25) is 5.91 Å². The van der Waals surface area contributed by atoms with Gasteiger partial charge in [-0.1, -0.05) is 0 Å². The normalized spacial score (nSPS) is 20.9. The van der Waals surface area contributed by atoms with Crippen molar-refractivity contribution in [2.75, 3.05) is 63.9 Å². The zero-order valence-electron chi connectivity index (χ0n) is 24.7. The highest BCUT2D eigenvalue weighted by Crippen LogP contribution is 2.36. The highest BCUT2D eigenvalue weighted by atomic mass is 19.2. The van der Waals surface area contributed by atoms with E-state index in [0.29, 0.717) is 24.6 Å². The Morgan fingerprint density at radius 1 is 1.00 bits per heavy atom. The number of nitrogens with one attached hydrogen (secondary N) is 1. The molecule has 0 spiro atoms. The van der Waals surface area contributed by atoms with Crippen molar-refractivity contribution in [3.63, 3.8) is 0 Å². The number of hydrogen-bond donors (Lipinski definition) is 3. The van der Waals surface area contributed by atoms with E-state index in [1.165, 1.54) is 21.5 Å². The van der Waals surface area contributed by atoms with E-state index in [2.05, 4.69) is 39.2 Å². The first-order chi connectivity index (χ1) is 21.2. The van der Waals surface area contributed by atoms with Gasteiger partial charge < -0.3 is 34.6 Å². The fraction of sp³-hybridized carbons (Fsp3) is 0.485. The molecule has 2 aromatic carbocycles. The Kier molecular flexibility index (Phi) is 9.00. The number of aliphatic hydroxyl groups is 2. The fourth-order valence-electron chi connectivity index (χ4n) is 6.71. The number of carbonyl (C=O) groups excluding carboxylic acids is 1. The minimum atomic E-state index is -1.32. The van der Waals surface area contributed by atoms with Crippen LogP contribution in [0.25, 0.3) is 17.0 Å². The summed E-state index contributed by atoms with van der Waals surface area (Å²) in [5, 5.41) is 23.6. The number of carbonyl (C=O) groups is 1. The third kappa shape index (κ3) is 6.51. The van der Waals surface area contributed by atoms with E-state index in [4.69, 9.17) is 4.74 Å². The third-order valence-corrected chi connectivity index (χ3v) is 9.54. The zero-order valence-corrected chi connectivity index (χ0v) is 24.7. The van der Waals surface area contributed by atoms with Gasteiger partial charge >= 0.3 is 0 Å². The van der Waals surface area contributed by atoms with Gasteiger partial charge in [-0.2, -0.15) is 0 Å². The lowest BCUT2D eigenvalue weighted by atomic mass is 9.84. The number of nitrogens with zero attached hydrogens (tertiary/aromatic N) is 3. The van der Waals surface area contributed by atoms with E-state index in [-0.39, 0.29) is 31.5 Å². The molecule has 4 heterocycles. The van der Waals surface area contributed by atoms with Crippen molar-refractivity contribution >= 4 is 28.6 Å². The lowest BCUT2D eigenvalue weighted by Gasteiger charge is -2.43. The number of aromatic amines is 1. The number of rotatable bonds is 7. The van der Waals surface area contributed by atoms with Gasteiger partial charge in [-0.25, -0.2) is 13.2 Å². The smallest absolute Gasteiger partial charge is 0.246 e. The molecular weight excluding hydrogens is 573 g/mol. The molecule has 6 rings (SSSR count). The van der Waals surface area contributed by atoms with Crippen LogP contribution in [0.5, 0.6) is 0 Å². The molecule has 8 nitrogen and oxygen atoms in total. The highest BCUT2D eigenvalue weighted by molar-refractivity contribution is 5.92. The molecule has 3 aliphatic heterocycles. The van der Waals surface area contributed by atoms with Crippen LogP contribution in [0.1, 0.15) is 42.7 Å². The number of benzene rings is 2. The second-order valence-corrected chi connectivity index (χ2v) is 12.2. The minimum absolute atomic E-state index is 0.199. The summed E-state index contributed by atoms with van der Waals surface area (Å²) in [7, 11) is 0. The van der Waals surface area contributed by atoms with Crippen LogP contribution in [-0.4, -0.2) is 102 Å². The van der Waals surface area contributed by atoms with Gasteiger partial charge in [-0.05, 0) is 80.6 Å². The summed E-state index contributed by atoms with van der Waals surface area (Å²) in [5.74, 6) is -3.48. The quantitative estimate of drug-likeness (QED) is 0.276. The number of amides is 1. The lowest BCUT2D eigenvalue weighted by Crippen LogP contribution is -2.56. The van der Waals surface area contributed by atoms with Crippen molar-refractivity contribution in [3.8, 4) is 0 Å². The second kappa shape index (κ2) is 12.9. The van der Waals surface area contributed by atoms with E-state index >= 15 is 0 Å². The summed E-state index contributed by atoms with van der Waals surface area (Å²) in [6.45, 7) is 5.67. The highest BCUT2D eigenvalue weighted by Gasteiger charge is 2.41. The molecule has 3 fully saturated rings. The van der Waals surface area contributed by atoms with Crippen LogP contribution in [-0.2, 0) is 9.53 Å². The van der Waals surface area contributed by atoms with Crippen molar-refractivity contribution in [2.24, 2.45) is 0 Å². The van der Waals surface area contributed by atoms with Gasteiger partial charge in [0, 0.05) is 73.2 Å². The number of halogens is 3. The van der Waals surface area contributed by atoms with E-state index in [1.807, 2.05) is 0 Å². The van der Waals surface area contributed by atoms with Crippen LogP contribution >= 0.6 is 0 Å². The number of aromatic nitrogens is 1. The molecular formula is C33H39F3N4O4. The average molecular weight is 613 g/mol. The van der Waals surface area contributed by atoms with E-state index in [0.717, 1.165) is 69.9 Å². The van der Waals surface area contributed by atoms with Gasteiger partial charge in [0.1, 0.15) is 5.82 Å². The Hall–Kier alpha value is -3.38. The topological polar surface area (TPSA) is 92.3 Å². The number of morpholine rings is 1. The van der Waals surface area contributed by atoms with Crippen LogP contribution in [0.15, 0.2) is 42.6 Å². The van der Waals surface area contributed by atoms with Gasteiger partial charge in [0.25, 0.3) is 0 Å². The molecule has 11 heteroatoms. The van der Waals surface area contributed by atoms with Gasteiger partial charge in [-0.15, -0.1) is 0 Å². The molecule has 3 saturated heterocycles. The third-order valence-electron chi connectivity index (χ3n) is 9.54. The minimum Gasteiger partial charge on any atom is -0.389 e. The number of hydrogen-bond acceptors (Lipinski definition) is 6. The molecule has 0 bridgehead atoms. The molecule has 1 atom stereocenters. The molecule has 3 aliphatic rings. The predicted octanol–water partition coefficient (Wildman–Crippen LogP) is 4.03. The first-order valence-corrected chi connectivity index (χ1v) is 15.4. The van der Waals surface area contributed by atoms with Crippen LogP contribution < -0.4 is 4.90 Å². The van der Waals surface area contributed by atoms with Crippen LogP contribution in [0.2, 0.25) is 0 Å². The molecule has 1 unspecified atom stereocenters. The molecule has 0 aliphatic carbocycles. The van der Waals surface area contributed by atoms with Crippen molar-refractivity contribution in [1.29, 1.82) is 0 Å². The van der Waals surface area contributed by atoms with E-state index in [9.17, 15) is 28.2 Å². The number of likely N-dealkylation sites (tertiary alicyclic amines) is 2. The van der Waals surface area contributed by atoms with E-state index < -0.39 is 35.1 Å². The second-order valence-electron chi connectivity index (χ2n) is 12.2. The van der Waals surface area contributed by atoms with E-state index in [1.54, 1.807) is 0 Å². The number of fused-ring (bicyclic) bond motifs is 1. The Balaban J connectivity index is 0.998. The van der Waals surface area contributed by atoms with Crippen molar-refractivity contribution in [3.05, 3.63) is 71.2 Å². The number of β-amino-alcohol motifs (C(OH)–C–C–N with tert-alkyl or cyclic N) is 1. The van der Waals surface area contributed by atoms with Crippen LogP contribution in [0, 0.1) is 17.5 Å². The van der Waals surface area contributed by atoms with Gasteiger partial charge in [0.05, 0.1) is 24.9 Å². The summed E-state index contributed by atoms with van der Waals surface area (Å²) in [5.41, 5.74) is 2.13. The molecule has 1 aromatic heterocycles. The largest absolute Gasteiger partial charge is 0.389 e. The number of H-pyrrole nitrogens is 1. The Bertz CT molecular complexity index is 1510. The first kappa shape index (κ1) is 30.6. The van der Waals surface area contributed by atoms with Crippen molar-refractivity contribution in [2.45, 2.75) is 43.3 Å². The predicted molar refractivity (Wildman–Crippen MR) is 162 cm³/mol. The lowest BCUT2D eigenvalue weighted by molar-refractivity contribution is -0.140. The Labute approximate surface area is 254 Å². The molecule has 1 amide bonds. The van der Waals surface area contributed by atoms with Gasteiger partial charge in [0.15, 0.2) is 11.6 Å². The molecule has 44 heavy (non-hydrogen) atoms. The van der Waals surface area contributed by atoms with Crippen molar-refractivity contribution < 1.29 is 32.9 Å². The fourth-order valence-corrected chi connectivity index (χ4v) is 6.71. The summed E-state index contributed by atoms with van der Waals surface area (Å²) >= 11 is 0. The molecule has 3 aromatic rings. The maximum atomic E-state index is 13.9. The summed E-state index contributed by atoms with van der Waals surface area (Å²) in [4.78, 5) is 22.1. The summed E-state index contributed by atoms with van der Waals surface area (Å²) in [6, 6.07) is 7.74. The molecule has 236 valence electrons. The Morgan fingerprint density at radius 3 is 2.43 bits per heavy atom. The first-order valence-electron chi connectivity index (χ1n) is 15.4. The van der Waals surface area contributed by atoms with Crippen molar-refractivity contribution in [1.82, 2.24) is 14.8 Å². The van der Waals surface area contributed by atoms with Crippen LogP contribution in [0.3, 0.4) is 0 Å². The number of piperidine rings is 2. The zero-order chi connectivity index (χ0) is 30.8. The molecule has 0 radical (unpaired) electrons. The summed E-state index contributed by atoms with van der Waals surface area (Å²) in [6.07, 6.45) is 5.68. The summed E-state index contributed by atoms with van der Waals surface area (Å²) < 4.78 is 46.0. The SMILES string of the molecule is O=C(/C=C/c1cc(F)c(F)cc1F)N1CCC(O)(C(O)CN2CCC(c3c[nH]c4ccc(N5CCOCC5)cc34)CC2)CC1. The average Bonchev–Trinajstić information content (AvgIpc) is 3.46.